The number of hydrogen-bond donors (Lipinski definition) is 1. The molecule has 1 aliphatic rings. The minimum Gasteiger partial charge on any atom is -0.489 e. The molecular weight excluding hydrogens is 240 g/mol. The molecule has 1 aromatic carbocycles. The molecule has 0 unspecified atom stereocenters. The molecule has 2 rings (SSSR count). The largest absolute Gasteiger partial charge is 0.489 e. The Balaban J connectivity index is 2.37. The van der Waals surface area contributed by atoms with E-state index >= 15 is 0 Å². The summed E-state index contributed by atoms with van der Waals surface area (Å²) in [5.74, 6) is 0.887. The zero-order valence-electron chi connectivity index (χ0n) is 12.1. The maximum absolute atomic E-state index is 12.0. The van der Waals surface area contributed by atoms with Crippen LogP contribution < -0.4 is 15.0 Å². The van der Waals surface area contributed by atoms with Crippen molar-refractivity contribution in [2.45, 2.75) is 39.3 Å². The second-order valence-electron chi connectivity index (χ2n) is 5.60. The van der Waals surface area contributed by atoms with Crippen LogP contribution in [0.3, 0.4) is 0 Å². The number of piperazine rings is 1. The van der Waals surface area contributed by atoms with Gasteiger partial charge in [0.15, 0.2) is 0 Å². The lowest BCUT2D eigenvalue weighted by Gasteiger charge is -2.43. The van der Waals surface area contributed by atoms with Crippen molar-refractivity contribution in [3.63, 3.8) is 0 Å². The first-order valence-corrected chi connectivity index (χ1v) is 6.74. The smallest absolute Gasteiger partial charge is 0.245 e. The van der Waals surface area contributed by atoms with Gasteiger partial charge in [0.05, 0.1) is 11.8 Å². The first-order valence-electron chi connectivity index (χ1n) is 6.74. The summed E-state index contributed by atoms with van der Waals surface area (Å²) in [5.41, 5.74) is 0.422. The molecule has 0 bridgehead atoms. The van der Waals surface area contributed by atoms with E-state index in [-0.39, 0.29) is 12.0 Å². The van der Waals surface area contributed by atoms with Crippen molar-refractivity contribution in [1.82, 2.24) is 5.32 Å². The zero-order chi connectivity index (χ0) is 14.0. The topological polar surface area (TPSA) is 41.6 Å². The van der Waals surface area contributed by atoms with Gasteiger partial charge in [-0.3, -0.25) is 4.79 Å². The van der Waals surface area contributed by atoms with Crippen LogP contribution in [-0.2, 0) is 4.79 Å². The molecule has 0 aromatic heterocycles. The summed E-state index contributed by atoms with van der Waals surface area (Å²) in [5, 5.41) is 2.91. The number of hydrogen-bond acceptors (Lipinski definition) is 3. The van der Waals surface area contributed by atoms with Crippen molar-refractivity contribution in [3.05, 3.63) is 24.3 Å². The van der Waals surface area contributed by atoms with E-state index in [2.05, 4.69) is 10.2 Å². The predicted molar refractivity (Wildman–Crippen MR) is 76.6 cm³/mol. The van der Waals surface area contributed by atoms with Crippen molar-refractivity contribution >= 4 is 11.6 Å². The number of rotatable bonds is 3. The molecule has 0 aliphatic carbocycles. The monoisotopic (exact) mass is 262 g/mol. The van der Waals surface area contributed by atoms with Crippen LogP contribution in [0.4, 0.5) is 5.69 Å². The number of carbonyl (C=O) groups excluding carboxylic acids is 1. The average Bonchev–Trinajstić information content (AvgIpc) is 2.33. The number of nitrogens with one attached hydrogen (secondary N) is 1. The van der Waals surface area contributed by atoms with Gasteiger partial charge in [-0.05, 0) is 39.8 Å². The van der Waals surface area contributed by atoms with Crippen LogP contribution in [-0.4, -0.2) is 30.6 Å². The summed E-state index contributed by atoms with van der Waals surface area (Å²) in [6.45, 7) is 9.34. The highest BCUT2D eigenvalue weighted by Gasteiger charge is 2.38. The normalized spacial score (nSPS) is 18.4. The average molecular weight is 262 g/mol. The highest BCUT2D eigenvalue weighted by molar-refractivity contribution is 5.91. The summed E-state index contributed by atoms with van der Waals surface area (Å²) in [7, 11) is 0. The summed E-state index contributed by atoms with van der Waals surface area (Å²) in [6, 6.07) is 7.90. The van der Waals surface area contributed by atoms with E-state index in [0.717, 1.165) is 18.0 Å². The van der Waals surface area contributed by atoms with Gasteiger partial charge in [-0.2, -0.15) is 0 Å². The van der Waals surface area contributed by atoms with E-state index in [4.69, 9.17) is 4.74 Å². The maximum Gasteiger partial charge on any atom is 0.245 e. The van der Waals surface area contributed by atoms with E-state index in [1.807, 2.05) is 52.0 Å². The summed E-state index contributed by atoms with van der Waals surface area (Å²) in [4.78, 5) is 14.2. The van der Waals surface area contributed by atoms with Gasteiger partial charge in [0.25, 0.3) is 0 Å². The van der Waals surface area contributed by atoms with Crippen LogP contribution in [0.5, 0.6) is 5.75 Å². The van der Waals surface area contributed by atoms with Crippen LogP contribution in [0.1, 0.15) is 27.7 Å². The fourth-order valence-electron chi connectivity index (χ4n) is 2.35. The third kappa shape index (κ3) is 2.67. The van der Waals surface area contributed by atoms with Gasteiger partial charge in [-0.25, -0.2) is 0 Å². The second kappa shape index (κ2) is 5.11. The van der Waals surface area contributed by atoms with Gasteiger partial charge >= 0.3 is 0 Å². The Bertz CT molecular complexity index is 469. The van der Waals surface area contributed by atoms with Crippen LogP contribution in [0, 0.1) is 0 Å². The Labute approximate surface area is 114 Å². The molecule has 4 heteroatoms. The van der Waals surface area contributed by atoms with Gasteiger partial charge in [0.1, 0.15) is 11.3 Å². The quantitative estimate of drug-likeness (QED) is 0.908. The Morgan fingerprint density at radius 2 is 2.00 bits per heavy atom. The van der Waals surface area contributed by atoms with Gasteiger partial charge in [0, 0.05) is 13.1 Å². The van der Waals surface area contributed by atoms with Gasteiger partial charge in [-0.15, -0.1) is 0 Å². The number of ether oxygens (including phenoxy) is 1. The lowest BCUT2D eigenvalue weighted by atomic mass is 9.97. The molecule has 1 fully saturated rings. The number of benzene rings is 1. The number of carbonyl (C=O) groups is 1. The van der Waals surface area contributed by atoms with Crippen LogP contribution in [0.25, 0.3) is 0 Å². The molecule has 1 N–H and O–H groups in total. The van der Waals surface area contributed by atoms with Crippen molar-refractivity contribution < 1.29 is 9.53 Å². The molecule has 0 spiro atoms. The summed E-state index contributed by atoms with van der Waals surface area (Å²) in [6.07, 6.45) is 0.114. The molecule has 1 aromatic rings. The Morgan fingerprint density at radius 1 is 1.32 bits per heavy atom. The molecule has 104 valence electrons. The molecular formula is C15H22N2O2. The van der Waals surface area contributed by atoms with Crippen molar-refractivity contribution in [2.75, 3.05) is 18.0 Å². The van der Waals surface area contributed by atoms with Gasteiger partial charge in [-0.1, -0.05) is 12.1 Å². The van der Waals surface area contributed by atoms with E-state index in [1.165, 1.54) is 0 Å². The van der Waals surface area contributed by atoms with Crippen LogP contribution in [0.2, 0.25) is 0 Å². The molecule has 1 heterocycles. The molecule has 0 saturated carbocycles. The second-order valence-corrected chi connectivity index (χ2v) is 5.60. The SMILES string of the molecule is CC(C)Oc1ccccc1N1CCNC(=O)C1(C)C. The molecule has 0 atom stereocenters. The number of nitrogens with zero attached hydrogens (tertiary/aromatic N) is 1. The Hall–Kier alpha value is -1.71. The number of amides is 1. The van der Waals surface area contributed by atoms with Gasteiger partial charge in [0.2, 0.25) is 5.91 Å². The zero-order valence-corrected chi connectivity index (χ0v) is 12.1. The van der Waals surface area contributed by atoms with E-state index in [1.54, 1.807) is 0 Å². The fraction of sp³-hybridized carbons (Fsp3) is 0.533. The highest BCUT2D eigenvalue weighted by atomic mass is 16.5. The minimum atomic E-state index is -0.561. The number of para-hydroxylation sites is 2. The van der Waals surface area contributed by atoms with E-state index < -0.39 is 5.54 Å². The Morgan fingerprint density at radius 3 is 2.68 bits per heavy atom. The molecule has 1 aliphatic heterocycles. The number of anilines is 1. The van der Waals surface area contributed by atoms with E-state index in [9.17, 15) is 4.79 Å². The fourth-order valence-corrected chi connectivity index (χ4v) is 2.35. The first-order chi connectivity index (χ1) is 8.93. The molecule has 19 heavy (non-hydrogen) atoms. The highest BCUT2D eigenvalue weighted by Crippen LogP contribution is 2.34. The van der Waals surface area contributed by atoms with Crippen molar-refractivity contribution in [3.8, 4) is 5.75 Å². The molecule has 0 radical (unpaired) electrons. The Kier molecular flexibility index (Phi) is 3.69. The standard InChI is InChI=1S/C15H22N2O2/c1-11(2)19-13-8-6-5-7-12(13)17-10-9-16-14(18)15(17,3)4/h5-8,11H,9-10H2,1-4H3,(H,16,18). The summed E-state index contributed by atoms with van der Waals surface area (Å²) < 4.78 is 5.85. The molecule has 4 nitrogen and oxygen atoms in total. The predicted octanol–water partition coefficient (Wildman–Crippen LogP) is 2.19. The molecule has 1 amide bonds. The third-order valence-electron chi connectivity index (χ3n) is 3.37. The lowest BCUT2D eigenvalue weighted by molar-refractivity contribution is -0.126. The van der Waals surface area contributed by atoms with Gasteiger partial charge < -0.3 is 15.0 Å². The van der Waals surface area contributed by atoms with Crippen molar-refractivity contribution in [1.29, 1.82) is 0 Å². The van der Waals surface area contributed by atoms with E-state index in [0.29, 0.717) is 6.54 Å². The lowest BCUT2D eigenvalue weighted by Crippen LogP contribution is -2.62. The maximum atomic E-state index is 12.0. The third-order valence-corrected chi connectivity index (χ3v) is 3.37. The van der Waals surface area contributed by atoms with Crippen molar-refractivity contribution in [2.24, 2.45) is 0 Å². The first kappa shape index (κ1) is 13.7. The van der Waals surface area contributed by atoms with Crippen LogP contribution in [0.15, 0.2) is 24.3 Å². The minimum absolute atomic E-state index is 0.0538. The van der Waals surface area contributed by atoms with Crippen LogP contribution >= 0.6 is 0 Å². The summed E-state index contributed by atoms with van der Waals surface area (Å²) >= 11 is 0. The molecule has 1 saturated heterocycles.